The molecule has 0 spiro atoms. The van der Waals surface area contributed by atoms with Gasteiger partial charge in [-0.25, -0.2) is 4.98 Å². The molecule has 0 atom stereocenters. The largest absolute Gasteiger partial charge is 0.472 e. The molecule has 5 rings (SSSR count). The van der Waals surface area contributed by atoms with E-state index in [0.29, 0.717) is 11.0 Å². The van der Waals surface area contributed by atoms with E-state index in [1.54, 1.807) is 12.5 Å². The Kier molecular flexibility index (Phi) is 5.35. The molecule has 3 aromatic carbocycles. The number of H-pyrrole nitrogens is 1. The maximum Gasteiger partial charge on any atom is 0.296 e. The number of hydrogen-bond acceptors (Lipinski definition) is 6. The van der Waals surface area contributed by atoms with Crippen LogP contribution in [0.3, 0.4) is 0 Å². The number of thioether (sulfide) groups is 1. The van der Waals surface area contributed by atoms with Crippen LogP contribution in [0.4, 0.5) is 0 Å². The Balaban J connectivity index is 1.57. The van der Waals surface area contributed by atoms with Crippen LogP contribution in [0.2, 0.25) is 0 Å². The fourth-order valence-electron chi connectivity index (χ4n) is 3.49. The highest BCUT2D eigenvalue weighted by Gasteiger charge is 2.13. The van der Waals surface area contributed by atoms with Gasteiger partial charge in [-0.2, -0.15) is 0 Å². The van der Waals surface area contributed by atoms with E-state index in [1.165, 1.54) is 5.39 Å². The van der Waals surface area contributed by atoms with E-state index < -0.39 is 5.91 Å². The van der Waals surface area contributed by atoms with E-state index in [-0.39, 0.29) is 5.75 Å². The van der Waals surface area contributed by atoms with Crippen molar-refractivity contribution in [2.45, 2.75) is 5.16 Å². The van der Waals surface area contributed by atoms with Crippen LogP contribution in [0.1, 0.15) is 0 Å². The number of nitroso groups, excluding NO2 is 1. The van der Waals surface area contributed by atoms with Crippen molar-refractivity contribution in [3.63, 3.8) is 0 Å². The maximum absolute atomic E-state index is 11.2. The second kappa shape index (κ2) is 8.60. The van der Waals surface area contributed by atoms with Crippen molar-refractivity contribution in [3.8, 4) is 33.6 Å². The number of amides is 1. The third-order valence-corrected chi connectivity index (χ3v) is 5.87. The molecule has 0 saturated carbocycles. The molecule has 0 bridgehead atoms. The van der Waals surface area contributed by atoms with Gasteiger partial charge in [0.25, 0.3) is 5.91 Å². The Morgan fingerprint density at radius 3 is 2.47 bits per heavy atom. The van der Waals surface area contributed by atoms with Crippen LogP contribution < -0.4 is 0 Å². The zero-order valence-electron chi connectivity index (χ0n) is 16.7. The minimum absolute atomic E-state index is 0.0990. The van der Waals surface area contributed by atoms with Crippen LogP contribution in [0, 0.1) is 4.91 Å². The summed E-state index contributed by atoms with van der Waals surface area (Å²) in [7, 11) is 0. The van der Waals surface area contributed by atoms with Crippen molar-refractivity contribution in [2.75, 3.05) is 5.75 Å². The normalized spacial score (nSPS) is 11.0. The first-order valence-corrected chi connectivity index (χ1v) is 10.8. The molecular formula is C24H16N4O3S. The van der Waals surface area contributed by atoms with Crippen LogP contribution in [0.5, 0.6) is 0 Å². The predicted octanol–water partition coefficient (Wildman–Crippen LogP) is 5.94. The summed E-state index contributed by atoms with van der Waals surface area (Å²) in [5, 5.41) is 12.2. The standard InChI is InChI=1S/C24H16N4O3S/c29-22(28-30)14-32-24-25-23(26-27-24)21-11-19(10-20(12-21)18-7-8-31-13-18)17-6-5-15-3-1-2-4-16(15)9-17/h1-13H,14H2,(H,25,26,27). The van der Waals surface area contributed by atoms with Crippen molar-refractivity contribution in [1.29, 1.82) is 0 Å². The molecule has 2 heterocycles. The molecule has 0 saturated heterocycles. The monoisotopic (exact) mass is 440 g/mol. The molecule has 156 valence electrons. The topological polar surface area (TPSA) is 101 Å². The summed E-state index contributed by atoms with van der Waals surface area (Å²) < 4.78 is 5.28. The molecule has 2 aromatic heterocycles. The molecule has 5 aromatic rings. The predicted molar refractivity (Wildman–Crippen MR) is 124 cm³/mol. The average molecular weight is 440 g/mol. The number of furan rings is 1. The highest BCUT2D eigenvalue weighted by atomic mass is 32.2. The number of nitrogens with one attached hydrogen (secondary N) is 1. The summed E-state index contributed by atoms with van der Waals surface area (Å²) in [6.45, 7) is 0. The van der Waals surface area contributed by atoms with Gasteiger partial charge >= 0.3 is 0 Å². The number of carbonyl (C=O) groups excluding carboxylic acids is 1. The molecule has 32 heavy (non-hydrogen) atoms. The lowest BCUT2D eigenvalue weighted by Gasteiger charge is -2.09. The Bertz CT molecular complexity index is 1430. The number of aromatic amines is 1. The second-order valence-electron chi connectivity index (χ2n) is 7.11. The SMILES string of the molecule is O=NC(=O)CSc1n[nH]c(-c2cc(-c3ccoc3)cc(-c3ccc4ccccc4c3)c2)n1. The summed E-state index contributed by atoms with van der Waals surface area (Å²) in [6.07, 6.45) is 3.34. The maximum atomic E-state index is 11.2. The number of carbonyl (C=O) groups is 1. The van der Waals surface area contributed by atoms with Crippen molar-refractivity contribution in [3.05, 3.63) is 84.2 Å². The van der Waals surface area contributed by atoms with Gasteiger partial charge in [0.1, 0.15) is 0 Å². The van der Waals surface area contributed by atoms with Crippen LogP contribution in [-0.2, 0) is 4.79 Å². The number of benzene rings is 3. The number of aromatic nitrogens is 3. The van der Waals surface area contributed by atoms with Crippen molar-refractivity contribution < 1.29 is 9.21 Å². The minimum Gasteiger partial charge on any atom is -0.472 e. The number of fused-ring (bicyclic) bond motifs is 1. The number of nitrogens with zero attached hydrogens (tertiary/aromatic N) is 3. The Morgan fingerprint density at radius 1 is 0.906 bits per heavy atom. The molecule has 0 aliphatic heterocycles. The molecule has 0 radical (unpaired) electrons. The molecule has 0 aliphatic rings. The summed E-state index contributed by atoms with van der Waals surface area (Å²) in [5.41, 5.74) is 4.87. The highest BCUT2D eigenvalue weighted by molar-refractivity contribution is 7.99. The average Bonchev–Trinajstić information content (AvgIpc) is 3.54. The van der Waals surface area contributed by atoms with E-state index in [2.05, 4.69) is 56.8 Å². The van der Waals surface area contributed by atoms with Gasteiger partial charge < -0.3 is 4.42 Å². The zero-order valence-corrected chi connectivity index (χ0v) is 17.5. The van der Waals surface area contributed by atoms with Gasteiger partial charge in [0.2, 0.25) is 5.16 Å². The van der Waals surface area contributed by atoms with Crippen LogP contribution in [0.15, 0.2) is 94.0 Å². The van der Waals surface area contributed by atoms with Gasteiger partial charge in [-0.1, -0.05) is 48.2 Å². The third kappa shape index (κ3) is 4.08. The van der Waals surface area contributed by atoms with Gasteiger partial charge in [-0.15, -0.1) is 10.0 Å². The van der Waals surface area contributed by atoms with E-state index >= 15 is 0 Å². The second-order valence-corrected chi connectivity index (χ2v) is 8.06. The van der Waals surface area contributed by atoms with Gasteiger partial charge in [0.05, 0.1) is 18.3 Å². The van der Waals surface area contributed by atoms with Gasteiger partial charge in [-0.05, 0) is 57.8 Å². The lowest BCUT2D eigenvalue weighted by atomic mass is 9.95. The molecule has 7 nitrogen and oxygen atoms in total. The Hall–Kier alpha value is -4.04. The minimum atomic E-state index is -0.748. The molecule has 1 N–H and O–H groups in total. The van der Waals surface area contributed by atoms with E-state index in [9.17, 15) is 9.70 Å². The van der Waals surface area contributed by atoms with Crippen molar-refractivity contribution in [2.24, 2.45) is 5.18 Å². The van der Waals surface area contributed by atoms with E-state index in [1.807, 2.05) is 30.3 Å². The summed E-state index contributed by atoms with van der Waals surface area (Å²) in [6, 6.07) is 22.7. The van der Waals surface area contributed by atoms with Crippen LogP contribution >= 0.6 is 11.8 Å². The first kappa shape index (κ1) is 19.9. The molecule has 0 unspecified atom stereocenters. The number of hydrogen-bond donors (Lipinski definition) is 1. The lowest BCUT2D eigenvalue weighted by molar-refractivity contribution is -0.115. The number of rotatable bonds is 6. The molecular weight excluding hydrogens is 424 g/mol. The smallest absolute Gasteiger partial charge is 0.296 e. The summed E-state index contributed by atoms with van der Waals surface area (Å²) in [5.74, 6) is -0.286. The van der Waals surface area contributed by atoms with E-state index in [0.717, 1.165) is 45.0 Å². The summed E-state index contributed by atoms with van der Waals surface area (Å²) >= 11 is 1.06. The molecule has 0 fully saturated rings. The Morgan fingerprint density at radius 2 is 1.69 bits per heavy atom. The van der Waals surface area contributed by atoms with Gasteiger partial charge in [0.15, 0.2) is 5.82 Å². The lowest BCUT2D eigenvalue weighted by Crippen LogP contribution is -1.95. The van der Waals surface area contributed by atoms with Crippen molar-refractivity contribution in [1.82, 2.24) is 15.2 Å². The van der Waals surface area contributed by atoms with Gasteiger partial charge in [-0.3, -0.25) is 9.89 Å². The first-order chi connectivity index (χ1) is 15.7. The molecule has 8 heteroatoms. The fraction of sp³-hybridized carbons (Fsp3) is 0.0417. The summed E-state index contributed by atoms with van der Waals surface area (Å²) in [4.78, 5) is 25.9. The highest BCUT2D eigenvalue weighted by Crippen LogP contribution is 2.33. The van der Waals surface area contributed by atoms with Crippen molar-refractivity contribution >= 4 is 28.4 Å². The fourth-order valence-corrected chi connectivity index (χ4v) is 4.06. The first-order valence-electron chi connectivity index (χ1n) is 9.78. The zero-order chi connectivity index (χ0) is 21.9. The van der Waals surface area contributed by atoms with Crippen LogP contribution in [0.25, 0.3) is 44.4 Å². The Labute approximate surface area is 186 Å². The molecule has 0 aliphatic carbocycles. The third-order valence-electron chi connectivity index (χ3n) is 5.04. The van der Waals surface area contributed by atoms with Gasteiger partial charge in [0, 0.05) is 16.3 Å². The van der Waals surface area contributed by atoms with Crippen LogP contribution in [-0.4, -0.2) is 26.8 Å². The quantitative estimate of drug-likeness (QED) is 0.259. The van der Waals surface area contributed by atoms with E-state index in [4.69, 9.17) is 4.42 Å². The molecule has 1 amide bonds.